The molecular weight excluding hydrogens is 405 g/mol. The molecule has 1 N–H and O–H groups in total. The molecule has 0 aliphatic rings. The minimum atomic E-state index is -4.58. The lowest BCUT2D eigenvalue weighted by Crippen LogP contribution is -2.32. The first-order valence-corrected chi connectivity index (χ1v) is 10.8. The molecule has 0 bridgehead atoms. The molecule has 0 aromatic heterocycles. The highest BCUT2D eigenvalue weighted by Crippen LogP contribution is 2.34. The molecule has 9 heteroatoms. The van der Waals surface area contributed by atoms with E-state index >= 15 is 0 Å². The SMILES string of the molecule is Cc1cccc(N(CCCC(=O)Nc2ccccc2C(F)(F)F)S(C)(=O)=O)c1C. The molecular formula is C20H23F3N2O3S. The van der Waals surface area contributed by atoms with Crippen molar-refractivity contribution in [1.29, 1.82) is 0 Å². The van der Waals surface area contributed by atoms with Crippen molar-refractivity contribution in [2.24, 2.45) is 0 Å². The molecule has 2 rings (SSSR count). The maximum atomic E-state index is 13.0. The highest BCUT2D eigenvalue weighted by molar-refractivity contribution is 7.92. The van der Waals surface area contributed by atoms with Gasteiger partial charge in [-0.3, -0.25) is 9.10 Å². The average Bonchev–Trinajstić information content (AvgIpc) is 2.60. The molecule has 29 heavy (non-hydrogen) atoms. The number of nitrogens with zero attached hydrogens (tertiary/aromatic N) is 1. The van der Waals surface area contributed by atoms with Gasteiger partial charge in [0.2, 0.25) is 15.9 Å². The fraction of sp³-hybridized carbons (Fsp3) is 0.350. The standard InChI is InChI=1S/C20H23F3N2O3S/c1-14-8-6-11-18(15(14)2)25(29(3,27)28)13-7-12-19(26)24-17-10-5-4-9-16(17)20(21,22)23/h4-6,8-11H,7,12-13H2,1-3H3,(H,24,26). The quantitative estimate of drug-likeness (QED) is 0.706. The topological polar surface area (TPSA) is 66.5 Å². The van der Waals surface area contributed by atoms with Crippen LogP contribution in [0.2, 0.25) is 0 Å². The lowest BCUT2D eigenvalue weighted by Gasteiger charge is -2.25. The van der Waals surface area contributed by atoms with Crippen molar-refractivity contribution in [1.82, 2.24) is 0 Å². The first-order valence-electron chi connectivity index (χ1n) is 8.91. The molecule has 5 nitrogen and oxygen atoms in total. The summed E-state index contributed by atoms with van der Waals surface area (Å²) in [5, 5.41) is 2.26. The second-order valence-electron chi connectivity index (χ2n) is 6.75. The summed E-state index contributed by atoms with van der Waals surface area (Å²) in [5.41, 5.74) is 1.01. The summed E-state index contributed by atoms with van der Waals surface area (Å²) in [5.74, 6) is -0.615. The molecule has 158 valence electrons. The van der Waals surface area contributed by atoms with Crippen LogP contribution >= 0.6 is 0 Å². The van der Waals surface area contributed by atoms with E-state index in [4.69, 9.17) is 0 Å². The van der Waals surface area contributed by atoms with Crippen molar-refractivity contribution >= 4 is 27.3 Å². The van der Waals surface area contributed by atoms with Gasteiger partial charge >= 0.3 is 6.18 Å². The highest BCUT2D eigenvalue weighted by atomic mass is 32.2. The number of para-hydroxylation sites is 1. The minimum absolute atomic E-state index is 0.0392. The monoisotopic (exact) mass is 428 g/mol. The molecule has 0 radical (unpaired) electrons. The fourth-order valence-corrected chi connectivity index (χ4v) is 3.92. The number of rotatable bonds is 7. The van der Waals surface area contributed by atoms with Crippen LogP contribution < -0.4 is 9.62 Å². The number of aryl methyl sites for hydroxylation is 1. The Hall–Kier alpha value is -2.55. The Kier molecular flexibility index (Phi) is 6.94. The van der Waals surface area contributed by atoms with Gasteiger partial charge in [0.05, 0.1) is 23.2 Å². The number of hydrogen-bond acceptors (Lipinski definition) is 3. The smallest absolute Gasteiger partial charge is 0.326 e. The molecule has 2 aromatic carbocycles. The Morgan fingerprint density at radius 2 is 1.72 bits per heavy atom. The third kappa shape index (κ3) is 5.96. The van der Waals surface area contributed by atoms with Crippen LogP contribution in [0.4, 0.5) is 24.5 Å². The maximum absolute atomic E-state index is 13.0. The molecule has 0 aliphatic carbocycles. The summed E-state index contributed by atoms with van der Waals surface area (Å²) in [6, 6.07) is 10.0. The Balaban J connectivity index is 2.08. The van der Waals surface area contributed by atoms with Crippen molar-refractivity contribution in [2.45, 2.75) is 32.9 Å². The van der Waals surface area contributed by atoms with Crippen LogP contribution in [0.1, 0.15) is 29.5 Å². The third-order valence-corrected chi connectivity index (χ3v) is 5.70. The summed E-state index contributed by atoms with van der Waals surface area (Å²) in [6.45, 7) is 3.71. The second-order valence-corrected chi connectivity index (χ2v) is 8.66. The molecule has 1 amide bonds. The van der Waals surface area contributed by atoms with Crippen LogP contribution in [0.25, 0.3) is 0 Å². The number of nitrogens with one attached hydrogen (secondary N) is 1. The lowest BCUT2D eigenvalue weighted by molar-refractivity contribution is -0.137. The normalized spacial score (nSPS) is 11.9. The summed E-state index contributed by atoms with van der Waals surface area (Å²) in [6.07, 6.45) is -3.47. The van der Waals surface area contributed by atoms with E-state index in [9.17, 15) is 26.4 Å². The molecule has 0 spiro atoms. The maximum Gasteiger partial charge on any atom is 0.418 e. The van der Waals surface area contributed by atoms with E-state index in [0.29, 0.717) is 5.69 Å². The van der Waals surface area contributed by atoms with Gasteiger partial charge < -0.3 is 5.32 Å². The Morgan fingerprint density at radius 1 is 1.07 bits per heavy atom. The van der Waals surface area contributed by atoms with Gasteiger partial charge in [0.1, 0.15) is 0 Å². The number of amides is 1. The summed E-state index contributed by atoms with van der Waals surface area (Å²) < 4.78 is 64.7. The third-order valence-electron chi connectivity index (χ3n) is 4.52. The number of alkyl halides is 3. The number of carbonyl (C=O) groups is 1. The van der Waals surface area contributed by atoms with Crippen LogP contribution in [-0.2, 0) is 21.0 Å². The van der Waals surface area contributed by atoms with Gasteiger partial charge in [-0.05, 0) is 49.6 Å². The molecule has 0 saturated heterocycles. The van der Waals surface area contributed by atoms with Gasteiger partial charge in [-0.15, -0.1) is 0 Å². The highest BCUT2D eigenvalue weighted by Gasteiger charge is 2.33. The largest absolute Gasteiger partial charge is 0.418 e. The Morgan fingerprint density at radius 3 is 2.34 bits per heavy atom. The van der Waals surface area contributed by atoms with Crippen molar-refractivity contribution in [3.63, 3.8) is 0 Å². The Bertz CT molecular complexity index is 989. The van der Waals surface area contributed by atoms with E-state index in [-0.39, 0.29) is 25.1 Å². The van der Waals surface area contributed by atoms with Gasteiger partial charge in [-0.25, -0.2) is 8.42 Å². The first-order chi connectivity index (χ1) is 13.4. The predicted octanol–water partition coefficient (Wildman–Crippen LogP) is 4.51. The zero-order valence-corrected chi connectivity index (χ0v) is 17.2. The van der Waals surface area contributed by atoms with E-state index in [1.54, 1.807) is 12.1 Å². The number of carbonyl (C=O) groups excluding carboxylic acids is 1. The molecule has 2 aromatic rings. The van der Waals surface area contributed by atoms with E-state index < -0.39 is 27.7 Å². The summed E-state index contributed by atoms with van der Waals surface area (Å²) in [4.78, 5) is 12.1. The number of halogens is 3. The molecule has 0 atom stereocenters. The number of anilines is 2. The van der Waals surface area contributed by atoms with Crippen molar-refractivity contribution in [2.75, 3.05) is 22.4 Å². The Labute approximate surface area is 168 Å². The zero-order valence-electron chi connectivity index (χ0n) is 16.4. The van der Waals surface area contributed by atoms with Crippen LogP contribution in [0.15, 0.2) is 42.5 Å². The summed E-state index contributed by atoms with van der Waals surface area (Å²) >= 11 is 0. The zero-order chi connectivity index (χ0) is 21.8. The van der Waals surface area contributed by atoms with Crippen LogP contribution in [0, 0.1) is 13.8 Å². The fourth-order valence-electron chi connectivity index (χ4n) is 2.91. The van der Waals surface area contributed by atoms with Gasteiger partial charge in [0.25, 0.3) is 0 Å². The van der Waals surface area contributed by atoms with Crippen molar-refractivity contribution in [3.8, 4) is 0 Å². The minimum Gasteiger partial charge on any atom is -0.326 e. The number of benzene rings is 2. The molecule has 0 unspecified atom stereocenters. The van der Waals surface area contributed by atoms with Gasteiger partial charge in [0.15, 0.2) is 0 Å². The van der Waals surface area contributed by atoms with E-state index in [0.717, 1.165) is 23.4 Å². The molecule has 0 saturated carbocycles. The molecule has 0 heterocycles. The molecule has 0 fully saturated rings. The average molecular weight is 428 g/mol. The van der Waals surface area contributed by atoms with Crippen LogP contribution in [0.5, 0.6) is 0 Å². The predicted molar refractivity (Wildman–Crippen MR) is 107 cm³/mol. The van der Waals surface area contributed by atoms with Crippen molar-refractivity contribution < 1.29 is 26.4 Å². The van der Waals surface area contributed by atoms with Gasteiger partial charge in [-0.2, -0.15) is 13.2 Å². The first kappa shape index (κ1) is 22.7. The van der Waals surface area contributed by atoms with E-state index in [1.807, 2.05) is 19.9 Å². The lowest BCUT2D eigenvalue weighted by atomic mass is 10.1. The molecule has 0 aliphatic heterocycles. The van der Waals surface area contributed by atoms with Crippen LogP contribution in [-0.4, -0.2) is 27.1 Å². The van der Waals surface area contributed by atoms with E-state index in [1.165, 1.54) is 22.5 Å². The number of hydrogen-bond donors (Lipinski definition) is 1. The summed E-state index contributed by atoms with van der Waals surface area (Å²) in [7, 11) is -3.59. The second kappa shape index (κ2) is 8.86. The van der Waals surface area contributed by atoms with Gasteiger partial charge in [-0.1, -0.05) is 24.3 Å². The van der Waals surface area contributed by atoms with Crippen LogP contribution in [0.3, 0.4) is 0 Å². The van der Waals surface area contributed by atoms with E-state index in [2.05, 4.69) is 5.32 Å². The van der Waals surface area contributed by atoms with Gasteiger partial charge in [0, 0.05) is 13.0 Å². The number of sulfonamides is 1. The van der Waals surface area contributed by atoms with Crippen molar-refractivity contribution in [3.05, 3.63) is 59.2 Å².